The van der Waals surface area contributed by atoms with Gasteiger partial charge in [0, 0.05) is 0 Å². The Bertz CT molecular complexity index is 313. The van der Waals surface area contributed by atoms with Crippen LogP contribution in [0.3, 0.4) is 0 Å². The van der Waals surface area contributed by atoms with Crippen molar-refractivity contribution in [3.05, 3.63) is 35.9 Å². The van der Waals surface area contributed by atoms with Gasteiger partial charge in [-0.1, -0.05) is 37.3 Å². The molecule has 3 N–H and O–H groups in total. The highest BCUT2D eigenvalue weighted by Gasteiger charge is 1.81. The molecule has 1 aromatic rings. The Balaban J connectivity index is 0.000000252. The lowest BCUT2D eigenvalue weighted by Crippen LogP contribution is -2.08. The average Bonchev–Trinajstić information content (AvgIpc) is 2.03. The lowest BCUT2D eigenvalue weighted by Gasteiger charge is -1.89. The van der Waals surface area contributed by atoms with Gasteiger partial charge in [0.15, 0.2) is 0 Å². The molecule has 4 nitrogen and oxygen atoms in total. The molecule has 13 heavy (non-hydrogen) atoms. The number of hydrogen-bond acceptors (Lipinski definition) is 2. The number of aryl methyl sites for hydroxylation is 1. The highest BCUT2D eigenvalue weighted by Crippen LogP contribution is 1.96. The second-order valence-electron chi connectivity index (χ2n) is 2.35. The van der Waals surface area contributed by atoms with Crippen LogP contribution in [0, 0.1) is 0 Å². The van der Waals surface area contributed by atoms with Crippen LogP contribution in [-0.2, 0) is 16.7 Å². The first kappa shape index (κ1) is 12.1. The predicted octanol–water partition coefficient (Wildman–Crippen LogP) is 0.997. The fraction of sp³-hybridized carbons (Fsp3) is 0.250. The molecule has 0 saturated heterocycles. The number of hydrogen-bond donors (Lipinski definition) is 2. The Kier molecular flexibility index (Phi) is 5.29. The minimum absolute atomic E-state index is 1.14. The van der Waals surface area contributed by atoms with Crippen LogP contribution in [0.4, 0.5) is 0 Å². The van der Waals surface area contributed by atoms with E-state index in [1.165, 1.54) is 5.56 Å². The molecule has 0 aliphatic carbocycles. The molecule has 0 aliphatic rings. The Hall–Kier alpha value is -0.910. The topological polar surface area (TPSA) is 80.4 Å². The van der Waals surface area contributed by atoms with Gasteiger partial charge < -0.3 is 0 Å². The molecule has 1 rings (SSSR count). The third-order valence-corrected chi connectivity index (χ3v) is 1.25. The number of nitrogens with two attached hydrogens (primary N) is 1. The SMILES string of the molecule is CCc1ccccc1.NS(=O)(=O)O. The summed E-state index contributed by atoms with van der Waals surface area (Å²) in [6, 6.07) is 10.5. The molecule has 0 aliphatic heterocycles. The van der Waals surface area contributed by atoms with Gasteiger partial charge in [-0.25, -0.2) is 5.14 Å². The molecule has 0 spiro atoms. The normalized spacial score (nSPS) is 10.1. The van der Waals surface area contributed by atoms with Gasteiger partial charge in [0.05, 0.1) is 0 Å². The quantitative estimate of drug-likeness (QED) is 0.668. The second-order valence-corrected chi connectivity index (χ2v) is 3.38. The Morgan fingerprint density at radius 1 is 1.31 bits per heavy atom. The number of rotatable bonds is 1. The highest BCUT2D eigenvalue weighted by molar-refractivity contribution is 7.83. The van der Waals surface area contributed by atoms with Gasteiger partial charge in [-0.3, -0.25) is 4.55 Å². The third kappa shape index (κ3) is 11.1. The predicted molar refractivity (Wildman–Crippen MR) is 51.6 cm³/mol. The van der Waals surface area contributed by atoms with Crippen molar-refractivity contribution in [1.29, 1.82) is 0 Å². The summed E-state index contributed by atoms with van der Waals surface area (Å²) in [6.07, 6.45) is 1.14. The molecule has 0 radical (unpaired) electrons. The van der Waals surface area contributed by atoms with Gasteiger partial charge in [0.1, 0.15) is 0 Å². The van der Waals surface area contributed by atoms with Crippen molar-refractivity contribution in [1.82, 2.24) is 0 Å². The molecular formula is C8H13NO3S. The Labute approximate surface area is 78.3 Å². The summed E-state index contributed by atoms with van der Waals surface area (Å²) in [5.74, 6) is 0. The Morgan fingerprint density at radius 2 is 1.69 bits per heavy atom. The van der Waals surface area contributed by atoms with Gasteiger partial charge in [-0.05, 0) is 12.0 Å². The van der Waals surface area contributed by atoms with Gasteiger partial charge in [-0.15, -0.1) is 0 Å². The third-order valence-electron chi connectivity index (χ3n) is 1.25. The van der Waals surface area contributed by atoms with Gasteiger partial charge in [-0.2, -0.15) is 8.42 Å². The summed E-state index contributed by atoms with van der Waals surface area (Å²) in [4.78, 5) is 0. The molecule has 0 heterocycles. The van der Waals surface area contributed by atoms with Gasteiger partial charge in [0.25, 0.3) is 0 Å². The first-order valence-corrected chi connectivity index (χ1v) is 5.23. The fourth-order valence-corrected chi connectivity index (χ4v) is 0.714. The molecule has 0 saturated carbocycles. The molecule has 0 fully saturated rings. The second kappa shape index (κ2) is 5.69. The summed E-state index contributed by atoms with van der Waals surface area (Å²) >= 11 is 0. The van der Waals surface area contributed by atoms with E-state index in [1.54, 1.807) is 0 Å². The molecule has 1 aromatic carbocycles. The minimum Gasteiger partial charge on any atom is -0.274 e. The lowest BCUT2D eigenvalue weighted by atomic mass is 10.2. The van der Waals surface area contributed by atoms with E-state index in [0.717, 1.165) is 6.42 Å². The van der Waals surface area contributed by atoms with E-state index in [0.29, 0.717) is 0 Å². The van der Waals surface area contributed by atoms with E-state index in [1.807, 2.05) is 6.07 Å². The van der Waals surface area contributed by atoms with Crippen molar-refractivity contribution in [3.8, 4) is 0 Å². The van der Waals surface area contributed by atoms with Crippen molar-refractivity contribution in [2.45, 2.75) is 13.3 Å². The van der Waals surface area contributed by atoms with Gasteiger partial charge in [0.2, 0.25) is 0 Å². The zero-order chi connectivity index (χ0) is 10.3. The van der Waals surface area contributed by atoms with E-state index < -0.39 is 10.3 Å². The molecule has 5 heteroatoms. The summed E-state index contributed by atoms with van der Waals surface area (Å²) < 4.78 is 25.2. The van der Waals surface area contributed by atoms with E-state index >= 15 is 0 Å². The van der Waals surface area contributed by atoms with Crippen LogP contribution >= 0.6 is 0 Å². The largest absolute Gasteiger partial charge is 0.330 e. The monoisotopic (exact) mass is 203 g/mol. The molecule has 0 unspecified atom stereocenters. The molecule has 0 amide bonds. The molecular weight excluding hydrogens is 190 g/mol. The van der Waals surface area contributed by atoms with Crippen molar-refractivity contribution >= 4 is 10.3 Å². The van der Waals surface area contributed by atoms with E-state index in [9.17, 15) is 0 Å². The maximum Gasteiger partial charge on any atom is 0.330 e. The molecule has 0 bridgehead atoms. The summed E-state index contributed by atoms with van der Waals surface area (Å²) in [7, 11) is -4.17. The van der Waals surface area contributed by atoms with Crippen molar-refractivity contribution in [3.63, 3.8) is 0 Å². The van der Waals surface area contributed by atoms with Crippen LogP contribution in [0.15, 0.2) is 30.3 Å². The van der Waals surface area contributed by atoms with Crippen LogP contribution in [0.25, 0.3) is 0 Å². The highest BCUT2D eigenvalue weighted by atomic mass is 32.2. The van der Waals surface area contributed by atoms with Crippen molar-refractivity contribution in [2.75, 3.05) is 0 Å². The maximum absolute atomic E-state index is 8.97. The first-order chi connectivity index (χ1) is 5.93. The van der Waals surface area contributed by atoms with Crippen LogP contribution in [0.2, 0.25) is 0 Å². The zero-order valence-corrected chi connectivity index (χ0v) is 8.16. The standard InChI is InChI=1S/C8H10.H3NO3S/c1-2-8-6-4-3-5-7-8;1-5(2,3)4/h3-7H,2H2,1H3;(H3,1,2,3,4). The van der Waals surface area contributed by atoms with Crippen molar-refractivity contribution in [2.24, 2.45) is 5.14 Å². The minimum atomic E-state index is -4.17. The lowest BCUT2D eigenvalue weighted by molar-refractivity contribution is 0.485. The van der Waals surface area contributed by atoms with Crippen LogP contribution in [-0.4, -0.2) is 13.0 Å². The van der Waals surface area contributed by atoms with Crippen molar-refractivity contribution < 1.29 is 13.0 Å². The smallest absolute Gasteiger partial charge is 0.274 e. The first-order valence-electron chi connectivity index (χ1n) is 3.72. The van der Waals surface area contributed by atoms with Crippen LogP contribution in [0.5, 0.6) is 0 Å². The van der Waals surface area contributed by atoms with Crippen LogP contribution < -0.4 is 5.14 Å². The average molecular weight is 203 g/mol. The van der Waals surface area contributed by atoms with Crippen LogP contribution in [0.1, 0.15) is 12.5 Å². The molecule has 0 atom stereocenters. The number of benzene rings is 1. The van der Waals surface area contributed by atoms with E-state index in [-0.39, 0.29) is 0 Å². The molecule has 74 valence electrons. The summed E-state index contributed by atoms with van der Waals surface area (Å²) in [6.45, 7) is 2.16. The van der Waals surface area contributed by atoms with E-state index in [2.05, 4.69) is 36.3 Å². The fourth-order valence-electron chi connectivity index (χ4n) is 0.714. The summed E-state index contributed by atoms with van der Waals surface area (Å²) in [5, 5.41) is 3.88. The molecule has 0 aromatic heterocycles. The zero-order valence-electron chi connectivity index (χ0n) is 7.34. The van der Waals surface area contributed by atoms with E-state index in [4.69, 9.17) is 13.0 Å². The van der Waals surface area contributed by atoms with Gasteiger partial charge >= 0.3 is 10.3 Å². The Morgan fingerprint density at radius 3 is 1.92 bits per heavy atom. The maximum atomic E-state index is 8.97. The summed E-state index contributed by atoms with van der Waals surface area (Å²) in [5.41, 5.74) is 1.41.